The third-order valence-corrected chi connectivity index (χ3v) is 1.47. The van der Waals surface area contributed by atoms with Crippen LogP contribution in [0.1, 0.15) is 6.92 Å². The minimum Gasteiger partial charge on any atom is -0.281 e. The molecule has 0 saturated heterocycles. The van der Waals surface area contributed by atoms with Crippen molar-refractivity contribution in [3.63, 3.8) is 0 Å². The van der Waals surface area contributed by atoms with Gasteiger partial charge in [0, 0.05) is 12.6 Å². The average molecular weight is 190 g/mol. The Hall–Kier alpha value is -0.300. The number of nitrogens with one attached hydrogen (secondary N) is 3. The van der Waals surface area contributed by atoms with Gasteiger partial charge in [0.2, 0.25) is 0 Å². The molecule has 6 heteroatoms. The van der Waals surface area contributed by atoms with Gasteiger partial charge in [-0.3, -0.25) is 10.9 Å². The fourth-order valence-electron chi connectivity index (χ4n) is 0.679. The highest BCUT2D eigenvalue weighted by Gasteiger charge is 2.09. The van der Waals surface area contributed by atoms with Crippen LogP contribution in [-0.2, 0) is 0 Å². The molecule has 0 saturated carbocycles. The lowest BCUT2D eigenvalue weighted by atomic mass is 10.6. The first-order valence-corrected chi connectivity index (χ1v) is 4.09. The zero-order chi connectivity index (χ0) is 8.27. The Morgan fingerprint density at radius 1 is 1.73 bits per heavy atom. The SMILES string of the molecule is CCNN1NC(=S)C=C(S)N1. The Labute approximate surface area is 76.3 Å². The first kappa shape index (κ1) is 8.79. The van der Waals surface area contributed by atoms with Gasteiger partial charge in [-0.2, -0.15) is 0 Å². The molecule has 0 radical (unpaired) electrons. The number of thiocarbonyl (C=S) groups is 1. The summed E-state index contributed by atoms with van der Waals surface area (Å²) in [5.41, 5.74) is 8.74. The van der Waals surface area contributed by atoms with Crippen LogP contribution in [0.15, 0.2) is 11.1 Å². The van der Waals surface area contributed by atoms with Crippen molar-refractivity contribution in [3.8, 4) is 0 Å². The van der Waals surface area contributed by atoms with Gasteiger partial charge in [-0.15, -0.1) is 12.6 Å². The van der Waals surface area contributed by atoms with E-state index in [2.05, 4.69) is 28.9 Å². The van der Waals surface area contributed by atoms with Crippen LogP contribution in [-0.4, -0.2) is 16.8 Å². The topological polar surface area (TPSA) is 39.3 Å². The van der Waals surface area contributed by atoms with Crippen LogP contribution in [0.2, 0.25) is 0 Å². The largest absolute Gasteiger partial charge is 0.281 e. The monoisotopic (exact) mass is 190 g/mol. The summed E-state index contributed by atoms with van der Waals surface area (Å²) in [4.78, 5) is 0.634. The Morgan fingerprint density at radius 3 is 3.00 bits per heavy atom. The van der Waals surface area contributed by atoms with Crippen LogP contribution in [0.25, 0.3) is 0 Å². The van der Waals surface area contributed by atoms with E-state index in [1.165, 1.54) is 0 Å². The molecule has 0 amide bonds. The molecule has 3 N–H and O–H groups in total. The van der Waals surface area contributed by atoms with Crippen molar-refractivity contribution in [2.24, 2.45) is 0 Å². The summed E-state index contributed by atoms with van der Waals surface area (Å²) in [6, 6.07) is 0. The van der Waals surface area contributed by atoms with Gasteiger partial charge in [0.05, 0.1) is 5.03 Å². The standard InChI is InChI=1S/C5H10N4S2/c1-2-6-9-7-4(10)3-5(11)8-9/h3,6-7,10H,2H2,1H3,(H,8,11). The maximum absolute atomic E-state index is 4.92. The van der Waals surface area contributed by atoms with Crippen LogP contribution < -0.4 is 16.3 Å². The summed E-state index contributed by atoms with van der Waals surface area (Å²) in [7, 11) is 0. The molecule has 0 spiro atoms. The second kappa shape index (κ2) is 3.91. The summed E-state index contributed by atoms with van der Waals surface area (Å²) in [5, 5.41) is 2.29. The minimum absolute atomic E-state index is 0.634. The van der Waals surface area contributed by atoms with E-state index in [0.717, 1.165) is 11.6 Å². The van der Waals surface area contributed by atoms with Gasteiger partial charge < -0.3 is 0 Å². The third-order valence-electron chi connectivity index (χ3n) is 1.03. The van der Waals surface area contributed by atoms with Gasteiger partial charge in [-0.1, -0.05) is 24.4 Å². The minimum atomic E-state index is 0.634. The number of nitrogens with zero attached hydrogens (tertiary/aromatic N) is 1. The number of hydrazine groups is 3. The van der Waals surface area contributed by atoms with Crippen molar-refractivity contribution in [1.29, 1.82) is 0 Å². The highest BCUT2D eigenvalue weighted by molar-refractivity contribution is 7.84. The second-order valence-electron chi connectivity index (χ2n) is 1.96. The van der Waals surface area contributed by atoms with Gasteiger partial charge in [-0.05, 0) is 0 Å². The summed E-state index contributed by atoms with van der Waals surface area (Å²) >= 11 is 9.03. The first-order chi connectivity index (χ1) is 5.22. The maximum atomic E-state index is 4.92. The zero-order valence-corrected chi connectivity index (χ0v) is 7.80. The molecule has 0 fully saturated rings. The lowest BCUT2D eigenvalue weighted by molar-refractivity contribution is 0.103. The quantitative estimate of drug-likeness (QED) is 0.362. The van der Waals surface area contributed by atoms with Gasteiger partial charge in [0.15, 0.2) is 0 Å². The van der Waals surface area contributed by atoms with Crippen LogP contribution in [0.4, 0.5) is 0 Å². The van der Waals surface area contributed by atoms with E-state index in [9.17, 15) is 0 Å². The van der Waals surface area contributed by atoms with E-state index in [1.807, 2.05) is 6.92 Å². The second-order valence-corrected chi connectivity index (χ2v) is 2.89. The molecule has 0 atom stereocenters. The average Bonchev–Trinajstić information content (AvgIpc) is 1.85. The molecule has 1 aliphatic rings. The van der Waals surface area contributed by atoms with Gasteiger partial charge in [-0.25, -0.2) is 5.43 Å². The smallest absolute Gasteiger partial charge is 0.118 e. The molecule has 0 aromatic rings. The van der Waals surface area contributed by atoms with Crippen LogP contribution in [0.5, 0.6) is 0 Å². The fraction of sp³-hybridized carbons (Fsp3) is 0.400. The normalized spacial score (nSPS) is 18.7. The molecular formula is C5H10N4S2. The lowest BCUT2D eigenvalue weighted by Crippen LogP contribution is -2.58. The molecule has 4 nitrogen and oxygen atoms in total. The fourth-order valence-corrected chi connectivity index (χ4v) is 1.20. The zero-order valence-electron chi connectivity index (χ0n) is 6.09. The van der Waals surface area contributed by atoms with E-state index in [-0.39, 0.29) is 0 Å². The molecular weight excluding hydrogens is 180 g/mol. The molecule has 1 aliphatic heterocycles. The van der Waals surface area contributed by atoms with Gasteiger partial charge in [0.1, 0.15) is 4.99 Å². The number of hydrogen-bond acceptors (Lipinski definition) is 5. The third kappa shape index (κ3) is 2.66. The summed E-state index contributed by atoms with van der Waals surface area (Å²) in [5.74, 6) is 0. The van der Waals surface area contributed by atoms with Crippen molar-refractivity contribution in [2.75, 3.05) is 6.54 Å². The molecule has 1 heterocycles. The Bertz CT molecular complexity index is 191. The molecule has 11 heavy (non-hydrogen) atoms. The number of thiol groups is 1. The highest BCUT2D eigenvalue weighted by Crippen LogP contribution is 1.99. The molecule has 0 unspecified atom stereocenters. The van der Waals surface area contributed by atoms with Crippen molar-refractivity contribution in [3.05, 3.63) is 11.1 Å². The van der Waals surface area contributed by atoms with E-state index in [1.54, 1.807) is 11.3 Å². The molecule has 0 bridgehead atoms. The van der Waals surface area contributed by atoms with Crippen molar-refractivity contribution < 1.29 is 0 Å². The van der Waals surface area contributed by atoms with Crippen molar-refractivity contribution >= 4 is 29.8 Å². The van der Waals surface area contributed by atoms with Gasteiger partial charge >= 0.3 is 0 Å². The van der Waals surface area contributed by atoms with Crippen molar-refractivity contribution in [2.45, 2.75) is 6.92 Å². The predicted octanol–water partition coefficient (Wildman–Crippen LogP) is -0.0657. The lowest BCUT2D eigenvalue weighted by Gasteiger charge is -2.28. The summed E-state index contributed by atoms with van der Waals surface area (Å²) in [6.07, 6.45) is 1.73. The predicted molar refractivity (Wildman–Crippen MR) is 51.5 cm³/mol. The van der Waals surface area contributed by atoms with Crippen LogP contribution >= 0.6 is 24.8 Å². The Kier molecular flexibility index (Phi) is 3.13. The summed E-state index contributed by atoms with van der Waals surface area (Å²) in [6.45, 7) is 2.80. The molecule has 0 aromatic carbocycles. The van der Waals surface area contributed by atoms with E-state index >= 15 is 0 Å². The highest BCUT2D eigenvalue weighted by atomic mass is 32.1. The van der Waals surface area contributed by atoms with E-state index in [0.29, 0.717) is 4.99 Å². The Morgan fingerprint density at radius 2 is 2.45 bits per heavy atom. The molecule has 62 valence electrons. The molecule has 0 aliphatic carbocycles. The Balaban J connectivity index is 2.50. The van der Waals surface area contributed by atoms with E-state index < -0.39 is 0 Å². The molecule has 1 rings (SSSR count). The van der Waals surface area contributed by atoms with Crippen LogP contribution in [0.3, 0.4) is 0 Å². The first-order valence-electron chi connectivity index (χ1n) is 3.24. The number of rotatable bonds is 2. The molecule has 0 aromatic heterocycles. The summed E-state index contributed by atoms with van der Waals surface area (Å²) < 4.78 is 0. The maximum Gasteiger partial charge on any atom is 0.118 e. The van der Waals surface area contributed by atoms with Gasteiger partial charge in [0.25, 0.3) is 0 Å². The van der Waals surface area contributed by atoms with Crippen molar-refractivity contribution in [1.82, 2.24) is 21.5 Å². The van der Waals surface area contributed by atoms with E-state index in [4.69, 9.17) is 12.2 Å². The number of hydrogen-bond donors (Lipinski definition) is 4. The van der Waals surface area contributed by atoms with Crippen LogP contribution in [0, 0.1) is 0 Å².